The minimum Gasteiger partial charge on any atom is -0.493 e. The standard InChI is InChI=1S/C20H25N5O4S/c1-3-24-14-18(12-21-24)30(26,27)25-9-7-16(13-25)20-22-19(23-29-20)8-10-28-17-6-4-5-15(2)11-17/h4-6,11-12,14,16H,3,7-10,13H2,1-2H3/t16-/m0/s1. The molecule has 10 heteroatoms. The summed E-state index contributed by atoms with van der Waals surface area (Å²) in [5.74, 6) is 1.73. The number of aromatic nitrogens is 4. The molecule has 1 fully saturated rings. The summed E-state index contributed by atoms with van der Waals surface area (Å²) in [4.78, 5) is 4.66. The molecule has 0 spiro atoms. The number of aryl methyl sites for hydroxylation is 2. The van der Waals surface area contributed by atoms with Crippen LogP contribution in [0.25, 0.3) is 0 Å². The zero-order chi connectivity index (χ0) is 21.1. The Labute approximate surface area is 175 Å². The van der Waals surface area contributed by atoms with E-state index in [1.165, 1.54) is 10.5 Å². The number of hydrogen-bond acceptors (Lipinski definition) is 7. The Hall–Kier alpha value is -2.72. The fourth-order valence-corrected chi connectivity index (χ4v) is 4.90. The van der Waals surface area contributed by atoms with Gasteiger partial charge in [0.05, 0.1) is 18.7 Å². The van der Waals surface area contributed by atoms with Gasteiger partial charge in [-0.1, -0.05) is 17.3 Å². The number of hydrogen-bond donors (Lipinski definition) is 0. The van der Waals surface area contributed by atoms with Crippen LogP contribution in [0.5, 0.6) is 5.75 Å². The van der Waals surface area contributed by atoms with Crippen LogP contribution >= 0.6 is 0 Å². The first-order valence-corrected chi connectivity index (χ1v) is 11.4. The molecule has 30 heavy (non-hydrogen) atoms. The Balaban J connectivity index is 1.34. The van der Waals surface area contributed by atoms with Crippen molar-refractivity contribution in [3.05, 3.63) is 53.9 Å². The maximum Gasteiger partial charge on any atom is 0.246 e. The van der Waals surface area contributed by atoms with Gasteiger partial charge in [-0.15, -0.1) is 0 Å². The average Bonchev–Trinajstić information content (AvgIpc) is 3.47. The van der Waals surface area contributed by atoms with Crippen LogP contribution in [-0.2, 0) is 23.0 Å². The molecule has 0 bridgehead atoms. The van der Waals surface area contributed by atoms with Gasteiger partial charge in [0, 0.05) is 32.3 Å². The van der Waals surface area contributed by atoms with E-state index < -0.39 is 10.0 Å². The summed E-state index contributed by atoms with van der Waals surface area (Å²) in [7, 11) is -3.57. The summed E-state index contributed by atoms with van der Waals surface area (Å²) < 4.78 is 39.9. The predicted molar refractivity (Wildman–Crippen MR) is 109 cm³/mol. The van der Waals surface area contributed by atoms with E-state index in [1.54, 1.807) is 10.9 Å². The molecule has 3 aromatic rings. The maximum absolute atomic E-state index is 12.8. The van der Waals surface area contributed by atoms with Gasteiger partial charge >= 0.3 is 0 Å². The molecule has 160 valence electrons. The van der Waals surface area contributed by atoms with Gasteiger partial charge in [-0.2, -0.15) is 14.4 Å². The molecule has 0 radical (unpaired) electrons. The minimum atomic E-state index is -3.57. The van der Waals surface area contributed by atoms with Crippen LogP contribution in [0.2, 0.25) is 0 Å². The topological polar surface area (TPSA) is 103 Å². The van der Waals surface area contributed by atoms with Crippen LogP contribution in [0.15, 0.2) is 46.1 Å². The molecule has 1 atom stereocenters. The molecule has 0 N–H and O–H groups in total. The Morgan fingerprint density at radius 1 is 1.33 bits per heavy atom. The van der Waals surface area contributed by atoms with Crippen LogP contribution < -0.4 is 4.74 Å². The summed E-state index contributed by atoms with van der Waals surface area (Å²) in [5, 5.41) is 8.09. The number of nitrogens with zero attached hydrogens (tertiary/aromatic N) is 5. The lowest BCUT2D eigenvalue weighted by atomic mass is 10.1. The van der Waals surface area contributed by atoms with Gasteiger partial charge in [-0.25, -0.2) is 8.42 Å². The molecular formula is C20H25N5O4S. The first-order chi connectivity index (χ1) is 14.5. The second-order valence-corrected chi connectivity index (χ2v) is 9.28. The predicted octanol–water partition coefficient (Wildman–Crippen LogP) is 2.39. The smallest absolute Gasteiger partial charge is 0.246 e. The molecule has 1 saturated heterocycles. The lowest BCUT2D eigenvalue weighted by Gasteiger charge is -2.14. The largest absolute Gasteiger partial charge is 0.493 e. The zero-order valence-corrected chi connectivity index (χ0v) is 17.9. The molecule has 1 aliphatic rings. The summed E-state index contributed by atoms with van der Waals surface area (Å²) in [5.41, 5.74) is 1.14. The summed E-state index contributed by atoms with van der Waals surface area (Å²) >= 11 is 0. The summed E-state index contributed by atoms with van der Waals surface area (Å²) in [6.07, 6.45) is 4.11. The Kier molecular flexibility index (Phi) is 5.87. The summed E-state index contributed by atoms with van der Waals surface area (Å²) in [6.45, 7) is 5.72. The minimum absolute atomic E-state index is 0.111. The van der Waals surface area contributed by atoms with E-state index in [0.29, 0.717) is 50.8 Å². The second-order valence-electron chi connectivity index (χ2n) is 7.34. The van der Waals surface area contributed by atoms with Crippen LogP contribution in [0, 0.1) is 6.92 Å². The Morgan fingerprint density at radius 3 is 2.97 bits per heavy atom. The van der Waals surface area contributed by atoms with Crippen LogP contribution in [0.4, 0.5) is 0 Å². The van der Waals surface area contributed by atoms with E-state index in [-0.39, 0.29) is 10.8 Å². The second kappa shape index (κ2) is 8.57. The monoisotopic (exact) mass is 431 g/mol. The highest BCUT2D eigenvalue weighted by molar-refractivity contribution is 7.89. The molecule has 0 saturated carbocycles. The SMILES string of the molecule is CCn1cc(S(=O)(=O)N2CC[C@H](c3nc(CCOc4cccc(C)c4)no3)C2)cn1. The molecule has 1 aliphatic heterocycles. The first kappa shape index (κ1) is 20.5. The van der Waals surface area contributed by atoms with Crippen molar-refractivity contribution in [2.75, 3.05) is 19.7 Å². The van der Waals surface area contributed by atoms with E-state index in [0.717, 1.165) is 11.3 Å². The number of rotatable bonds is 8. The fourth-order valence-electron chi connectivity index (χ4n) is 3.45. The molecule has 0 unspecified atom stereocenters. The van der Waals surface area contributed by atoms with E-state index in [1.807, 2.05) is 38.1 Å². The van der Waals surface area contributed by atoms with Crippen molar-refractivity contribution in [1.82, 2.24) is 24.2 Å². The average molecular weight is 432 g/mol. The van der Waals surface area contributed by atoms with Crippen LogP contribution in [0.1, 0.15) is 36.5 Å². The maximum atomic E-state index is 12.8. The van der Waals surface area contributed by atoms with E-state index in [9.17, 15) is 8.42 Å². The highest BCUT2D eigenvalue weighted by atomic mass is 32.2. The van der Waals surface area contributed by atoms with Crippen molar-refractivity contribution in [3.63, 3.8) is 0 Å². The van der Waals surface area contributed by atoms with Crippen molar-refractivity contribution in [2.45, 2.75) is 44.0 Å². The van der Waals surface area contributed by atoms with Crippen molar-refractivity contribution >= 4 is 10.0 Å². The Morgan fingerprint density at radius 2 is 2.20 bits per heavy atom. The molecule has 1 aromatic carbocycles. The molecule has 0 amide bonds. The van der Waals surface area contributed by atoms with E-state index >= 15 is 0 Å². The molecular weight excluding hydrogens is 406 g/mol. The third kappa shape index (κ3) is 4.39. The quantitative estimate of drug-likeness (QED) is 0.539. The third-order valence-electron chi connectivity index (χ3n) is 5.14. The fraction of sp³-hybridized carbons (Fsp3) is 0.450. The van der Waals surface area contributed by atoms with Crippen LogP contribution in [0.3, 0.4) is 0 Å². The molecule has 2 aromatic heterocycles. The molecule has 4 rings (SSSR count). The molecule has 0 aliphatic carbocycles. The van der Waals surface area contributed by atoms with Crippen molar-refractivity contribution in [1.29, 1.82) is 0 Å². The highest BCUT2D eigenvalue weighted by Crippen LogP contribution is 2.30. The van der Waals surface area contributed by atoms with Gasteiger partial charge in [-0.3, -0.25) is 4.68 Å². The summed E-state index contributed by atoms with van der Waals surface area (Å²) in [6, 6.07) is 7.84. The zero-order valence-electron chi connectivity index (χ0n) is 17.1. The lowest BCUT2D eigenvalue weighted by molar-refractivity contribution is 0.312. The van der Waals surface area contributed by atoms with Gasteiger partial charge in [0.15, 0.2) is 5.82 Å². The normalized spacial score (nSPS) is 17.5. The van der Waals surface area contributed by atoms with E-state index in [2.05, 4.69) is 15.2 Å². The van der Waals surface area contributed by atoms with Gasteiger partial charge in [0.1, 0.15) is 10.6 Å². The van der Waals surface area contributed by atoms with Crippen LogP contribution in [-0.4, -0.2) is 52.3 Å². The van der Waals surface area contributed by atoms with Crippen molar-refractivity contribution in [2.24, 2.45) is 0 Å². The number of ether oxygens (including phenoxy) is 1. The van der Waals surface area contributed by atoms with Gasteiger partial charge in [-0.05, 0) is 38.0 Å². The lowest BCUT2D eigenvalue weighted by Crippen LogP contribution is -2.28. The number of sulfonamides is 1. The van der Waals surface area contributed by atoms with E-state index in [4.69, 9.17) is 9.26 Å². The van der Waals surface area contributed by atoms with Gasteiger partial charge in [0.25, 0.3) is 0 Å². The first-order valence-electron chi connectivity index (χ1n) is 10.00. The third-order valence-corrected chi connectivity index (χ3v) is 6.96. The van der Waals surface area contributed by atoms with Gasteiger partial charge in [0.2, 0.25) is 15.9 Å². The highest BCUT2D eigenvalue weighted by Gasteiger charge is 2.36. The molecule has 9 nitrogen and oxygen atoms in total. The molecule has 3 heterocycles. The Bertz CT molecular complexity index is 1110. The van der Waals surface area contributed by atoms with Gasteiger partial charge < -0.3 is 9.26 Å². The van der Waals surface area contributed by atoms with Crippen molar-refractivity contribution in [3.8, 4) is 5.75 Å². The van der Waals surface area contributed by atoms with Crippen molar-refractivity contribution < 1.29 is 17.7 Å². The number of benzene rings is 1.